The van der Waals surface area contributed by atoms with Crippen LogP contribution in [0, 0.1) is 17.8 Å². The highest BCUT2D eigenvalue weighted by atomic mass is 32.2. The molecule has 4 amide bonds. The lowest BCUT2D eigenvalue weighted by Crippen LogP contribution is -2.37. The van der Waals surface area contributed by atoms with E-state index < -0.39 is 35.7 Å². The van der Waals surface area contributed by atoms with Crippen LogP contribution >= 0.6 is 23.5 Å². The van der Waals surface area contributed by atoms with E-state index in [2.05, 4.69) is 47.6 Å². The zero-order valence-electron chi connectivity index (χ0n) is 34.6. The van der Waals surface area contributed by atoms with Crippen molar-refractivity contribution in [2.75, 3.05) is 75.6 Å². The van der Waals surface area contributed by atoms with Crippen molar-refractivity contribution in [3.63, 3.8) is 0 Å². The molecule has 4 N–H and O–H groups in total. The minimum atomic E-state index is -0.569. The van der Waals surface area contributed by atoms with E-state index in [9.17, 15) is 38.4 Å². The third kappa shape index (κ3) is 27.1. The number of amides is 4. The zero-order valence-corrected chi connectivity index (χ0v) is 36.2. The molecule has 0 bridgehead atoms. The molecule has 58 heavy (non-hydrogen) atoms. The summed E-state index contributed by atoms with van der Waals surface area (Å²) in [5.41, 5.74) is 0.989. The van der Waals surface area contributed by atoms with E-state index in [1.54, 1.807) is 0 Å². The maximum absolute atomic E-state index is 13.4. The van der Waals surface area contributed by atoms with Gasteiger partial charge in [-0.3, -0.25) is 19.2 Å². The van der Waals surface area contributed by atoms with E-state index in [-0.39, 0.29) is 117 Å². The Morgan fingerprint density at radius 1 is 0.483 bits per heavy atom. The standard InChI is InChI=1S/C40H62N4O12S2/c1-26(2)37(49)53-16-12-41-33(45)10-20-57-24-31(35(47)43-14-18-55-39(51)28(5)6)22-30(9)23-32(36(48)44-15-19-56-40(52)29(7)8)25-58-21-11-34(46)42-13-17-54-38(50)27(3)4/h30-32H,1,3,5,7,10-25H2,2,4,6,8-9H3,(H,41,45)(H,42,46)(H,43,47)(H,44,48). The molecule has 0 heterocycles. The maximum atomic E-state index is 13.4. The summed E-state index contributed by atoms with van der Waals surface area (Å²) in [6.45, 7) is 22.5. The number of nitrogens with one attached hydrogen (secondary N) is 4. The number of hydrogen-bond donors (Lipinski definition) is 4. The van der Waals surface area contributed by atoms with Crippen molar-refractivity contribution in [3.05, 3.63) is 48.6 Å². The summed E-state index contributed by atoms with van der Waals surface area (Å²) >= 11 is 2.83. The average molecular weight is 855 g/mol. The van der Waals surface area contributed by atoms with Crippen molar-refractivity contribution in [2.45, 2.75) is 60.3 Å². The topological polar surface area (TPSA) is 222 Å². The van der Waals surface area contributed by atoms with Gasteiger partial charge in [0, 0.05) is 70.0 Å². The van der Waals surface area contributed by atoms with Crippen molar-refractivity contribution in [1.29, 1.82) is 0 Å². The number of esters is 4. The van der Waals surface area contributed by atoms with Crippen molar-refractivity contribution in [3.8, 4) is 0 Å². The molecule has 326 valence electrons. The Hall–Kier alpha value is -4.58. The second kappa shape index (κ2) is 31.4. The highest BCUT2D eigenvalue weighted by molar-refractivity contribution is 7.99. The van der Waals surface area contributed by atoms with Crippen LogP contribution in [-0.4, -0.2) is 123 Å². The molecule has 16 nitrogen and oxygen atoms in total. The summed E-state index contributed by atoms with van der Waals surface area (Å²) in [5, 5.41) is 11.0. The van der Waals surface area contributed by atoms with Gasteiger partial charge in [-0.25, -0.2) is 19.2 Å². The molecule has 0 aliphatic carbocycles. The summed E-state index contributed by atoms with van der Waals surface area (Å²) in [7, 11) is 0. The summed E-state index contributed by atoms with van der Waals surface area (Å²) in [6.07, 6.45) is 1.13. The minimum Gasteiger partial charge on any atom is -0.460 e. The molecule has 0 aromatic heterocycles. The normalized spacial score (nSPS) is 12.0. The Bertz CT molecular complexity index is 1360. The van der Waals surface area contributed by atoms with Gasteiger partial charge in [-0.1, -0.05) is 33.2 Å². The molecule has 0 aromatic carbocycles. The van der Waals surface area contributed by atoms with Crippen LogP contribution in [0.15, 0.2) is 48.6 Å². The molecule has 0 fully saturated rings. The van der Waals surface area contributed by atoms with E-state index in [0.29, 0.717) is 35.9 Å². The number of ether oxygens (including phenoxy) is 4. The lowest BCUT2D eigenvalue weighted by molar-refractivity contribution is -0.140. The third-order valence-corrected chi connectivity index (χ3v) is 9.94. The van der Waals surface area contributed by atoms with Gasteiger partial charge < -0.3 is 40.2 Å². The van der Waals surface area contributed by atoms with Gasteiger partial charge >= 0.3 is 23.9 Å². The van der Waals surface area contributed by atoms with Crippen LogP contribution < -0.4 is 21.3 Å². The van der Waals surface area contributed by atoms with Crippen LogP contribution in [0.5, 0.6) is 0 Å². The van der Waals surface area contributed by atoms with Gasteiger partial charge in [-0.15, -0.1) is 0 Å². The van der Waals surface area contributed by atoms with E-state index in [1.807, 2.05) is 6.92 Å². The first kappa shape index (κ1) is 53.4. The Morgan fingerprint density at radius 2 is 0.759 bits per heavy atom. The van der Waals surface area contributed by atoms with E-state index >= 15 is 0 Å². The predicted molar refractivity (Wildman–Crippen MR) is 224 cm³/mol. The molecule has 0 aliphatic heterocycles. The molecule has 2 atom stereocenters. The average Bonchev–Trinajstić information content (AvgIpc) is 3.16. The molecule has 0 radical (unpaired) electrons. The molecular weight excluding hydrogens is 793 g/mol. The quantitative estimate of drug-likeness (QED) is 0.0331. The second-order valence-corrected chi connectivity index (χ2v) is 15.9. The molecule has 18 heteroatoms. The van der Waals surface area contributed by atoms with Crippen LogP contribution in [-0.2, 0) is 57.3 Å². The largest absolute Gasteiger partial charge is 0.460 e. The fourth-order valence-electron chi connectivity index (χ4n) is 4.61. The molecular formula is C40H62N4O12S2. The molecule has 0 spiro atoms. The Balaban J connectivity index is 5.46. The summed E-state index contributed by atoms with van der Waals surface area (Å²) < 4.78 is 20.1. The number of rotatable bonds is 32. The fraction of sp³-hybridized carbons (Fsp3) is 0.600. The zero-order chi connectivity index (χ0) is 44.0. The summed E-state index contributed by atoms with van der Waals surface area (Å²) in [4.78, 5) is 98.0. The van der Waals surface area contributed by atoms with Gasteiger partial charge in [0.1, 0.15) is 26.4 Å². The van der Waals surface area contributed by atoms with E-state index in [0.717, 1.165) is 0 Å². The van der Waals surface area contributed by atoms with E-state index in [4.69, 9.17) is 18.9 Å². The smallest absolute Gasteiger partial charge is 0.333 e. The molecule has 0 rings (SSSR count). The molecule has 2 unspecified atom stereocenters. The number of hydrogen-bond acceptors (Lipinski definition) is 14. The predicted octanol–water partition coefficient (Wildman–Crippen LogP) is 2.82. The Labute approximate surface area is 350 Å². The van der Waals surface area contributed by atoms with E-state index in [1.165, 1.54) is 51.2 Å². The summed E-state index contributed by atoms with van der Waals surface area (Å²) in [5.74, 6) is -2.85. The lowest BCUT2D eigenvalue weighted by atomic mass is 9.88. The van der Waals surface area contributed by atoms with Gasteiger partial charge in [0.05, 0.1) is 26.2 Å². The first-order valence-electron chi connectivity index (χ1n) is 18.9. The van der Waals surface area contributed by atoms with Crippen LogP contribution in [0.3, 0.4) is 0 Å². The highest BCUT2D eigenvalue weighted by Crippen LogP contribution is 2.26. The van der Waals surface area contributed by atoms with Gasteiger partial charge in [-0.05, 0) is 46.5 Å². The number of carbonyl (C=O) groups excluding carboxylic acids is 8. The molecule has 0 aliphatic rings. The minimum absolute atomic E-state index is 0.0120. The van der Waals surface area contributed by atoms with Gasteiger partial charge in [0.15, 0.2) is 0 Å². The van der Waals surface area contributed by atoms with Crippen LogP contribution in [0.2, 0.25) is 0 Å². The maximum Gasteiger partial charge on any atom is 0.333 e. The number of carbonyl (C=O) groups is 8. The SMILES string of the molecule is C=C(C)C(=O)OCCNC(=O)CCSCC(CC(C)CC(CSCCC(=O)NCCOC(=O)C(=C)C)C(=O)NCCOC(=O)C(=C)C)C(=O)NCCOC(=O)C(=C)C. The van der Waals surface area contributed by atoms with Crippen molar-refractivity contribution >= 4 is 71.0 Å². The van der Waals surface area contributed by atoms with Crippen molar-refractivity contribution < 1.29 is 57.3 Å². The van der Waals surface area contributed by atoms with Gasteiger partial charge in [-0.2, -0.15) is 23.5 Å². The van der Waals surface area contributed by atoms with Crippen LogP contribution in [0.25, 0.3) is 0 Å². The van der Waals surface area contributed by atoms with Gasteiger partial charge in [0.25, 0.3) is 0 Å². The highest BCUT2D eigenvalue weighted by Gasteiger charge is 2.26. The molecule has 0 saturated carbocycles. The van der Waals surface area contributed by atoms with Crippen LogP contribution in [0.1, 0.15) is 60.3 Å². The second-order valence-electron chi connectivity index (χ2n) is 13.6. The fourth-order valence-corrected chi connectivity index (χ4v) is 6.75. The number of thioether (sulfide) groups is 2. The first-order valence-corrected chi connectivity index (χ1v) is 21.2. The Kier molecular flexibility index (Phi) is 28.9. The van der Waals surface area contributed by atoms with Gasteiger partial charge in [0.2, 0.25) is 23.6 Å². The third-order valence-electron chi connectivity index (χ3n) is 7.68. The van der Waals surface area contributed by atoms with Crippen molar-refractivity contribution in [1.82, 2.24) is 21.3 Å². The Morgan fingerprint density at radius 3 is 1.03 bits per heavy atom. The van der Waals surface area contributed by atoms with Crippen molar-refractivity contribution in [2.24, 2.45) is 17.8 Å². The lowest BCUT2D eigenvalue weighted by Gasteiger charge is -2.24. The molecule has 0 saturated heterocycles. The monoisotopic (exact) mass is 854 g/mol. The molecule has 0 aromatic rings. The summed E-state index contributed by atoms with van der Waals surface area (Å²) in [6, 6.07) is 0. The first-order chi connectivity index (χ1) is 27.3. The van der Waals surface area contributed by atoms with Crippen LogP contribution in [0.4, 0.5) is 0 Å².